The Morgan fingerprint density at radius 3 is 2.97 bits per heavy atom. The highest BCUT2D eigenvalue weighted by Crippen LogP contribution is 2.34. The first kappa shape index (κ1) is 25.7. The number of nitrogens with one attached hydrogen (secondary N) is 1. The summed E-state index contributed by atoms with van der Waals surface area (Å²) in [6, 6.07) is 7.51. The number of hydrogen-bond donors (Lipinski definition) is 2. The minimum absolute atomic E-state index is 0.180. The SMILES string of the molecule is Cc1nocc1COc1ccc2c(c1Cl)CCN(C[C@@H](O)CNC(=O)c1ccnc(CC3CCC3)c1)C2. The van der Waals surface area contributed by atoms with Crippen LogP contribution in [-0.4, -0.2) is 51.8 Å². The average molecular weight is 525 g/mol. The highest BCUT2D eigenvalue weighted by atomic mass is 35.5. The van der Waals surface area contributed by atoms with E-state index < -0.39 is 6.10 Å². The Bertz CT molecular complexity index is 1240. The number of amides is 1. The number of aliphatic hydroxyl groups excluding tert-OH is 1. The number of nitrogens with zero attached hydrogens (tertiary/aromatic N) is 3. The van der Waals surface area contributed by atoms with Crippen LogP contribution in [0.1, 0.15) is 57.7 Å². The third-order valence-electron chi connectivity index (χ3n) is 7.38. The molecule has 3 heterocycles. The van der Waals surface area contributed by atoms with Gasteiger partial charge in [-0.05, 0) is 55.0 Å². The Balaban J connectivity index is 1.10. The number of halogens is 1. The number of aryl methyl sites for hydroxylation is 1. The van der Waals surface area contributed by atoms with Crippen molar-refractivity contribution in [2.75, 3.05) is 19.6 Å². The van der Waals surface area contributed by atoms with Crippen molar-refractivity contribution in [1.82, 2.24) is 20.4 Å². The van der Waals surface area contributed by atoms with Gasteiger partial charge in [-0.2, -0.15) is 0 Å². The molecular formula is C28H33ClN4O4. The van der Waals surface area contributed by atoms with Crippen LogP contribution in [-0.2, 0) is 26.0 Å². The van der Waals surface area contributed by atoms with E-state index in [1.54, 1.807) is 18.5 Å². The van der Waals surface area contributed by atoms with E-state index in [1.165, 1.54) is 19.3 Å². The lowest BCUT2D eigenvalue weighted by Crippen LogP contribution is -2.42. The average Bonchev–Trinajstić information content (AvgIpc) is 3.29. The van der Waals surface area contributed by atoms with E-state index in [9.17, 15) is 9.90 Å². The minimum Gasteiger partial charge on any atom is -0.487 e. The van der Waals surface area contributed by atoms with Crippen LogP contribution in [0, 0.1) is 12.8 Å². The normalized spacial score (nSPS) is 16.6. The molecule has 2 aromatic heterocycles. The zero-order valence-electron chi connectivity index (χ0n) is 21.1. The smallest absolute Gasteiger partial charge is 0.251 e. The Kier molecular flexibility index (Phi) is 8.08. The Morgan fingerprint density at radius 1 is 1.35 bits per heavy atom. The molecule has 1 amide bonds. The van der Waals surface area contributed by atoms with Crippen molar-refractivity contribution in [2.45, 2.75) is 58.3 Å². The fourth-order valence-electron chi connectivity index (χ4n) is 4.92. The van der Waals surface area contributed by atoms with E-state index in [1.807, 2.05) is 25.1 Å². The topological polar surface area (TPSA) is 101 Å². The van der Waals surface area contributed by atoms with Gasteiger partial charge in [-0.1, -0.05) is 42.1 Å². The first-order chi connectivity index (χ1) is 18.0. The van der Waals surface area contributed by atoms with Crippen LogP contribution in [0.25, 0.3) is 0 Å². The van der Waals surface area contributed by atoms with Gasteiger partial charge < -0.3 is 19.7 Å². The second-order valence-electron chi connectivity index (χ2n) is 10.1. The maximum atomic E-state index is 12.6. The zero-order chi connectivity index (χ0) is 25.8. The Hall–Kier alpha value is -2.94. The van der Waals surface area contributed by atoms with E-state index >= 15 is 0 Å². The molecule has 3 aromatic rings. The van der Waals surface area contributed by atoms with Crippen molar-refractivity contribution in [2.24, 2.45) is 5.92 Å². The van der Waals surface area contributed by atoms with E-state index in [-0.39, 0.29) is 12.5 Å². The van der Waals surface area contributed by atoms with Crippen molar-refractivity contribution >= 4 is 17.5 Å². The van der Waals surface area contributed by atoms with Gasteiger partial charge in [0, 0.05) is 43.6 Å². The Labute approximate surface area is 222 Å². The van der Waals surface area contributed by atoms with Gasteiger partial charge in [0.1, 0.15) is 18.6 Å². The molecule has 1 aliphatic heterocycles. The van der Waals surface area contributed by atoms with Gasteiger partial charge in [0.25, 0.3) is 5.91 Å². The summed E-state index contributed by atoms with van der Waals surface area (Å²) in [5, 5.41) is 18.0. The molecular weight excluding hydrogens is 492 g/mol. The summed E-state index contributed by atoms with van der Waals surface area (Å²) in [6.07, 6.45) is 8.08. The molecule has 1 aliphatic carbocycles. The maximum Gasteiger partial charge on any atom is 0.251 e. The van der Waals surface area contributed by atoms with Gasteiger partial charge in [-0.15, -0.1) is 0 Å². The molecule has 1 atom stereocenters. The van der Waals surface area contributed by atoms with Gasteiger partial charge >= 0.3 is 0 Å². The van der Waals surface area contributed by atoms with Crippen LogP contribution in [0.4, 0.5) is 0 Å². The molecule has 2 aliphatic rings. The summed E-state index contributed by atoms with van der Waals surface area (Å²) in [6.45, 7) is 4.32. The molecule has 1 aromatic carbocycles. The molecule has 0 unspecified atom stereocenters. The fourth-order valence-corrected chi connectivity index (χ4v) is 5.25. The summed E-state index contributed by atoms with van der Waals surface area (Å²) in [5.74, 6) is 1.16. The highest BCUT2D eigenvalue weighted by molar-refractivity contribution is 6.33. The number of rotatable bonds is 10. The summed E-state index contributed by atoms with van der Waals surface area (Å²) in [4.78, 5) is 19.2. The third-order valence-corrected chi connectivity index (χ3v) is 7.79. The number of ether oxygens (including phenoxy) is 1. The molecule has 9 heteroatoms. The zero-order valence-corrected chi connectivity index (χ0v) is 21.8. The first-order valence-corrected chi connectivity index (χ1v) is 13.3. The summed E-state index contributed by atoms with van der Waals surface area (Å²) < 4.78 is 10.9. The van der Waals surface area contributed by atoms with Crippen molar-refractivity contribution in [3.63, 3.8) is 0 Å². The number of aromatic nitrogens is 2. The first-order valence-electron chi connectivity index (χ1n) is 12.9. The van der Waals surface area contributed by atoms with E-state index in [2.05, 4.69) is 20.4 Å². The van der Waals surface area contributed by atoms with Crippen LogP contribution in [0.3, 0.4) is 0 Å². The molecule has 37 heavy (non-hydrogen) atoms. The predicted molar refractivity (Wildman–Crippen MR) is 140 cm³/mol. The number of carbonyl (C=O) groups excluding carboxylic acids is 1. The molecule has 8 nitrogen and oxygen atoms in total. The van der Waals surface area contributed by atoms with Gasteiger partial charge in [0.2, 0.25) is 0 Å². The number of benzene rings is 1. The number of hydrogen-bond acceptors (Lipinski definition) is 7. The van der Waals surface area contributed by atoms with E-state index in [0.29, 0.717) is 41.9 Å². The van der Waals surface area contributed by atoms with Crippen molar-refractivity contribution in [3.05, 3.63) is 75.4 Å². The number of aliphatic hydroxyl groups is 1. The molecule has 0 saturated heterocycles. The van der Waals surface area contributed by atoms with Crippen LogP contribution in [0.5, 0.6) is 5.75 Å². The summed E-state index contributed by atoms with van der Waals surface area (Å²) >= 11 is 6.67. The van der Waals surface area contributed by atoms with Crippen molar-refractivity contribution < 1.29 is 19.2 Å². The van der Waals surface area contributed by atoms with Crippen molar-refractivity contribution in [1.29, 1.82) is 0 Å². The van der Waals surface area contributed by atoms with Gasteiger partial charge in [0.05, 0.1) is 22.4 Å². The van der Waals surface area contributed by atoms with Gasteiger partial charge in [0.15, 0.2) is 0 Å². The number of pyridine rings is 1. The minimum atomic E-state index is -0.674. The van der Waals surface area contributed by atoms with Gasteiger partial charge in [-0.25, -0.2) is 0 Å². The highest BCUT2D eigenvalue weighted by Gasteiger charge is 2.23. The summed E-state index contributed by atoms with van der Waals surface area (Å²) in [7, 11) is 0. The predicted octanol–water partition coefficient (Wildman–Crippen LogP) is 4.10. The quantitative estimate of drug-likeness (QED) is 0.411. The molecule has 0 bridgehead atoms. The number of β-amino-alcohol motifs (C(OH)–C–C–N with tert-alkyl or cyclic N) is 1. The fraction of sp³-hybridized carbons (Fsp3) is 0.464. The second-order valence-corrected chi connectivity index (χ2v) is 10.5. The molecule has 1 saturated carbocycles. The van der Waals surface area contributed by atoms with E-state index in [4.69, 9.17) is 20.9 Å². The standard InChI is InChI=1S/C28H33ClN4O4/c1-18-22(17-37-32-18)16-36-26-6-5-21-14-33(10-8-25(21)27(26)29)15-24(34)13-31-28(35)20-7-9-30-23(12-20)11-19-3-2-4-19/h5-7,9,12,17,19,24,34H,2-4,8,10-11,13-16H2,1H3,(H,31,35)/t24-/m0/s1. The monoisotopic (exact) mass is 524 g/mol. The lowest BCUT2D eigenvalue weighted by atomic mass is 9.82. The molecule has 5 rings (SSSR count). The van der Waals surface area contributed by atoms with Crippen LogP contribution in [0.15, 0.2) is 41.2 Å². The van der Waals surface area contributed by atoms with Crippen LogP contribution < -0.4 is 10.1 Å². The molecule has 1 fully saturated rings. The lowest BCUT2D eigenvalue weighted by Gasteiger charge is -2.31. The largest absolute Gasteiger partial charge is 0.487 e. The van der Waals surface area contributed by atoms with Gasteiger partial charge in [-0.3, -0.25) is 14.7 Å². The third kappa shape index (κ3) is 6.32. The molecule has 196 valence electrons. The maximum absolute atomic E-state index is 12.6. The molecule has 0 spiro atoms. The summed E-state index contributed by atoms with van der Waals surface area (Å²) in [5.41, 5.74) is 5.45. The van der Waals surface area contributed by atoms with Crippen molar-refractivity contribution in [3.8, 4) is 5.75 Å². The second kappa shape index (κ2) is 11.6. The van der Waals surface area contributed by atoms with Crippen LogP contribution >= 0.6 is 11.6 Å². The molecule has 2 N–H and O–H groups in total. The Morgan fingerprint density at radius 2 is 2.22 bits per heavy atom. The van der Waals surface area contributed by atoms with E-state index in [0.717, 1.165) is 47.5 Å². The number of carbonyl (C=O) groups is 1. The lowest BCUT2D eigenvalue weighted by molar-refractivity contribution is 0.0841. The number of fused-ring (bicyclic) bond motifs is 1. The molecule has 0 radical (unpaired) electrons. The van der Waals surface area contributed by atoms with Crippen LogP contribution in [0.2, 0.25) is 5.02 Å².